The second-order valence-electron chi connectivity index (χ2n) is 6.94. The summed E-state index contributed by atoms with van der Waals surface area (Å²) in [6.45, 7) is 5.23. The predicted octanol–water partition coefficient (Wildman–Crippen LogP) is 1.71. The largest absolute Gasteiger partial charge is 0.354 e. The van der Waals surface area contributed by atoms with E-state index >= 15 is 0 Å². The molecule has 9 heteroatoms. The van der Waals surface area contributed by atoms with Crippen LogP contribution in [0.4, 0.5) is 11.5 Å². The highest BCUT2D eigenvalue weighted by Gasteiger charge is 2.18. The molecule has 8 nitrogen and oxygen atoms in total. The summed E-state index contributed by atoms with van der Waals surface area (Å²) >= 11 is 6.06. The van der Waals surface area contributed by atoms with Crippen molar-refractivity contribution < 1.29 is 9.59 Å². The van der Waals surface area contributed by atoms with Crippen LogP contribution in [0.2, 0.25) is 5.02 Å². The Morgan fingerprint density at radius 1 is 1.10 bits per heavy atom. The van der Waals surface area contributed by atoms with Gasteiger partial charge in [-0.15, -0.1) is 5.10 Å². The number of hydrogen-bond donors (Lipinski definition) is 2. The van der Waals surface area contributed by atoms with Crippen molar-refractivity contribution in [3.63, 3.8) is 0 Å². The lowest BCUT2D eigenvalue weighted by atomic mass is 10.2. The SMILES string of the molecule is Cc1c(Cl)cccc1NC(=O)CNC(=O)CN1CCCN(c2cccnn2)CC1. The third-order valence-electron chi connectivity index (χ3n) is 4.83. The molecule has 0 spiro atoms. The maximum atomic E-state index is 12.3. The van der Waals surface area contributed by atoms with E-state index in [1.807, 2.05) is 19.1 Å². The molecule has 1 aromatic carbocycles. The number of nitrogens with one attached hydrogen (secondary N) is 2. The van der Waals surface area contributed by atoms with Crippen LogP contribution in [0.5, 0.6) is 0 Å². The molecule has 0 bridgehead atoms. The Hall–Kier alpha value is -2.71. The number of carbonyl (C=O) groups excluding carboxylic acids is 2. The molecule has 0 radical (unpaired) electrons. The zero-order chi connectivity index (χ0) is 20.6. The highest BCUT2D eigenvalue weighted by atomic mass is 35.5. The van der Waals surface area contributed by atoms with Crippen LogP contribution in [0.1, 0.15) is 12.0 Å². The van der Waals surface area contributed by atoms with Gasteiger partial charge in [-0.05, 0) is 43.2 Å². The van der Waals surface area contributed by atoms with Gasteiger partial charge in [0.15, 0.2) is 5.82 Å². The van der Waals surface area contributed by atoms with E-state index in [2.05, 4.69) is 30.6 Å². The molecular weight excluding hydrogens is 392 g/mol. The van der Waals surface area contributed by atoms with Crippen LogP contribution >= 0.6 is 11.6 Å². The standard InChI is InChI=1S/C20H25ClN6O2/c1-15-16(21)5-2-6-17(15)24-19(28)13-22-20(29)14-26-9-4-10-27(12-11-26)18-7-3-8-23-25-18/h2-3,5-8H,4,9-14H2,1H3,(H,22,29)(H,24,28). The average molecular weight is 417 g/mol. The van der Waals surface area contributed by atoms with E-state index in [4.69, 9.17) is 11.6 Å². The van der Waals surface area contributed by atoms with Crippen LogP contribution in [0, 0.1) is 6.92 Å². The van der Waals surface area contributed by atoms with E-state index in [-0.39, 0.29) is 24.9 Å². The highest BCUT2D eigenvalue weighted by molar-refractivity contribution is 6.31. The molecule has 2 aromatic rings. The zero-order valence-corrected chi connectivity index (χ0v) is 17.2. The van der Waals surface area contributed by atoms with Crippen molar-refractivity contribution in [2.45, 2.75) is 13.3 Å². The van der Waals surface area contributed by atoms with Gasteiger partial charge in [-0.1, -0.05) is 17.7 Å². The zero-order valence-electron chi connectivity index (χ0n) is 16.4. The molecular formula is C20H25ClN6O2. The van der Waals surface area contributed by atoms with Gasteiger partial charge in [0.05, 0.1) is 13.1 Å². The first-order valence-corrected chi connectivity index (χ1v) is 9.97. The average Bonchev–Trinajstić information content (AvgIpc) is 2.96. The molecule has 1 aliphatic rings. The number of benzene rings is 1. The first-order chi connectivity index (χ1) is 14.0. The van der Waals surface area contributed by atoms with Crippen LogP contribution < -0.4 is 15.5 Å². The molecule has 0 aliphatic carbocycles. The Bertz CT molecular complexity index is 848. The number of anilines is 2. The third-order valence-corrected chi connectivity index (χ3v) is 5.24. The highest BCUT2D eigenvalue weighted by Crippen LogP contribution is 2.22. The predicted molar refractivity (Wildman–Crippen MR) is 113 cm³/mol. The summed E-state index contributed by atoms with van der Waals surface area (Å²) < 4.78 is 0. The Kier molecular flexibility index (Phi) is 7.37. The van der Waals surface area contributed by atoms with E-state index in [0.29, 0.717) is 10.7 Å². The Balaban J connectivity index is 1.42. The van der Waals surface area contributed by atoms with Gasteiger partial charge in [-0.2, -0.15) is 5.10 Å². The summed E-state index contributed by atoms with van der Waals surface area (Å²) in [5, 5.41) is 14.1. The molecule has 1 aromatic heterocycles. The summed E-state index contributed by atoms with van der Waals surface area (Å²) in [6, 6.07) is 9.12. The quantitative estimate of drug-likeness (QED) is 0.745. The maximum absolute atomic E-state index is 12.3. The van der Waals surface area contributed by atoms with Crippen molar-refractivity contribution in [2.75, 3.05) is 49.5 Å². The summed E-state index contributed by atoms with van der Waals surface area (Å²) in [5.41, 5.74) is 1.44. The second-order valence-corrected chi connectivity index (χ2v) is 7.34. The van der Waals surface area contributed by atoms with Crippen LogP contribution in [-0.4, -0.2) is 66.2 Å². The van der Waals surface area contributed by atoms with Crippen LogP contribution in [0.3, 0.4) is 0 Å². The van der Waals surface area contributed by atoms with Gasteiger partial charge in [-0.3, -0.25) is 14.5 Å². The van der Waals surface area contributed by atoms with Gasteiger partial charge in [0.1, 0.15) is 0 Å². The Morgan fingerprint density at radius 3 is 2.76 bits per heavy atom. The molecule has 29 heavy (non-hydrogen) atoms. The summed E-state index contributed by atoms with van der Waals surface area (Å²) in [7, 11) is 0. The van der Waals surface area contributed by atoms with Gasteiger partial charge in [-0.25, -0.2) is 0 Å². The molecule has 154 valence electrons. The molecule has 0 unspecified atom stereocenters. The Morgan fingerprint density at radius 2 is 1.97 bits per heavy atom. The van der Waals surface area contributed by atoms with Crippen molar-refractivity contribution in [1.82, 2.24) is 20.4 Å². The van der Waals surface area contributed by atoms with Gasteiger partial charge in [0, 0.05) is 43.1 Å². The van der Waals surface area contributed by atoms with Crippen molar-refractivity contribution in [3.05, 3.63) is 47.1 Å². The number of nitrogens with zero attached hydrogens (tertiary/aromatic N) is 4. The number of carbonyl (C=O) groups is 2. The van der Waals surface area contributed by atoms with E-state index in [9.17, 15) is 9.59 Å². The minimum Gasteiger partial charge on any atom is -0.354 e. The number of aromatic nitrogens is 2. The topological polar surface area (TPSA) is 90.5 Å². The molecule has 1 aliphatic heterocycles. The smallest absolute Gasteiger partial charge is 0.243 e. The van der Waals surface area contributed by atoms with E-state index in [1.54, 1.807) is 24.4 Å². The molecule has 2 heterocycles. The number of hydrogen-bond acceptors (Lipinski definition) is 6. The maximum Gasteiger partial charge on any atom is 0.243 e. The van der Waals surface area contributed by atoms with E-state index in [1.165, 1.54) is 0 Å². The van der Waals surface area contributed by atoms with E-state index < -0.39 is 0 Å². The first-order valence-electron chi connectivity index (χ1n) is 9.59. The first kappa shape index (κ1) is 21.0. The summed E-state index contributed by atoms with van der Waals surface area (Å²) in [4.78, 5) is 28.6. The van der Waals surface area contributed by atoms with Gasteiger partial charge >= 0.3 is 0 Å². The fraction of sp³-hybridized carbons (Fsp3) is 0.400. The lowest BCUT2D eigenvalue weighted by Gasteiger charge is -2.21. The number of amides is 2. The van der Waals surface area contributed by atoms with Crippen molar-refractivity contribution in [3.8, 4) is 0 Å². The van der Waals surface area contributed by atoms with Gasteiger partial charge in [0.25, 0.3) is 0 Å². The fourth-order valence-electron chi connectivity index (χ4n) is 3.20. The summed E-state index contributed by atoms with van der Waals surface area (Å²) in [5.74, 6) is 0.399. The molecule has 3 rings (SSSR count). The molecule has 2 amide bonds. The van der Waals surface area contributed by atoms with Gasteiger partial charge in [0.2, 0.25) is 11.8 Å². The van der Waals surface area contributed by atoms with Gasteiger partial charge < -0.3 is 15.5 Å². The summed E-state index contributed by atoms with van der Waals surface area (Å²) in [6.07, 6.45) is 2.58. The third kappa shape index (κ3) is 6.13. The fourth-order valence-corrected chi connectivity index (χ4v) is 3.37. The second kappa shape index (κ2) is 10.2. The number of rotatable bonds is 6. The van der Waals surface area contributed by atoms with Crippen molar-refractivity contribution in [2.24, 2.45) is 0 Å². The van der Waals surface area contributed by atoms with Crippen LogP contribution in [-0.2, 0) is 9.59 Å². The molecule has 1 fully saturated rings. The minimum atomic E-state index is -0.284. The van der Waals surface area contributed by atoms with Crippen LogP contribution in [0.15, 0.2) is 36.5 Å². The minimum absolute atomic E-state index is 0.0790. The van der Waals surface area contributed by atoms with Crippen molar-refractivity contribution in [1.29, 1.82) is 0 Å². The number of halogens is 1. The molecule has 1 saturated heterocycles. The molecule has 0 saturated carbocycles. The lowest BCUT2D eigenvalue weighted by molar-refractivity contribution is -0.125. The lowest BCUT2D eigenvalue weighted by Crippen LogP contribution is -2.41. The van der Waals surface area contributed by atoms with E-state index in [0.717, 1.165) is 44.0 Å². The monoisotopic (exact) mass is 416 g/mol. The molecule has 2 N–H and O–H groups in total. The molecule has 0 atom stereocenters. The van der Waals surface area contributed by atoms with Crippen molar-refractivity contribution >= 4 is 34.9 Å². The van der Waals surface area contributed by atoms with Crippen LogP contribution in [0.25, 0.3) is 0 Å². The Labute approximate surface area is 175 Å². The normalized spacial score (nSPS) is 14.9.